The molecule has 1 aromatic heterocycles. The van der Waals surface area contributed by atoms with Crippen molar-refractivity contribution in [2.24, 2.45) is 0 Å². The summed E-state index contributed by atoms with van der Waals surface area (Å²) in [6, 6.07) is 5.24. The number of nitrogens with one attached hydrogen (secondary N) is 1. The first-order chi connectivity index (χ1) is 6.88. The molecule has 0 saturated heterocycles. The molecule has 0 spiro atoms. The van der Waals surface area contributed by atoms with Crippen LogP contribution in [0.5, 0.6) is 0 Å². The molecule has 84 valence electrons. The monoisotopic (exact) mass is 228 g/mol. The van der Waals surface area contributed by atoms with E-state index in [4.69, 9.17) is 11.6 Å². The molecule has 1 heterocycles. The van der Waals surface area contributed by atoms with E-state index in [0.717, 1.165) is 0 Å². The van der Waals surface area contributed by atoms with E-state index in [1.54, 1.807) is 18.2 Å². The Morgan fingerprint density at radius 1 is 1.47 bits per heavy atom. The summed E-state index contributed by atoms with van der Waals surface area (Å²) >= 11 is 5.74. The standard InChI is InChI=1S/C11H17ClN2O/c1-11(2,3)13-7-9(15)8-5-4-6-10(12)14-8/h4-6,9,13,15H,7H2,1-3H3/t9-/m0/s1. The molecule has 0 amide bonds. The van der Waals surface area contributed by atoms with Crippen molar-refractivity contribution in [3.63, 3.8) is 0 Å². The van der Waals surface area contributed by atoms with Crippen LogP contribution in [0.15, 0.2) is 18.2 Å². The van der Waals surface area contributed by atoms with Gasteiger partial charge in [-0.15, -0.1) is 0 Å². The zero-order valence-corrected chi connectivity index (χ0v) is 10.0. The highest BCUT2D eigenvalue weighted by Gasteiger charge is 2.14. The van der Waals surface area contributed by atoms with Crippen LogP contribution in [0.25, 0.3) is 0 Å². The summed E-state index contributed by atoms with van der Waals surface area (Å²) in [5.41, 5.74) is 0.582. The molecule has 1 rings (SSSR count). The Labute approximate surface area is 95.5 Å². The molecule has 2 N–H and O–H groups in total. The third-order valence-corrected chi connectivity index (χ3v) is 2.11. The second-order valence-corrected chi connectivity index (χ2v) is 4.92. The molecule has 1 aromatic rings. The molecule has 0 radical (unpaired) electrons. The minimum atomic E-state index is -0.622. The van der Waals surface area contributed by atoms with E-state index in [1.165, 1.54) is 0 Å². The van der Waals surface area contributed by atoms with Crippen LogP contribution in [-0.4, -0.2) is 22.2 Å². The fourth-order valence-corrected chi connectivity index (χ4v) is 1.29. The largest absolute Gasteiger partial charge is 0.385 e. The Kier molecular flexibility index (Phi) is 4.08. The first-order valence-electron chi connectivity index (χ1n) is 4.94. The summed E-state index contributed by atoms with van der Waals surface area (Å²) in [5.74, 6) is 0. The smallest absolute Gasteiger partial charge is 0.129 e. The molecule has 0 aliphatic heterocycles. The van der Waals surface area contributed by atoms with Gasteiger partial charge >= 0.3 is 0 Å². The van der Waals surface area contributed by atoms with Crippen LogP contribution in [0.1, 0.15) is 32.6 Å². The summed E-state index contributed by atoms with van der Waals surface area (Å²) in [5, 5.41) is 13.4. The zero-order valence-electron chi connectivity index (χ0n) is 9.29. The highest BCUT2D eigenvalue weighted by Crippen LogP contribution is 2.13. The van der Waals surface area contributed by atoms with Gasteiger partial charge in [-0.1, -0.05) is 17.7 Å². The van der Waals surface area contributed by atoms with Crippen molar-refractivity contribution in [3.8, 4) is 0 Å². The Bertz CT molecular complexity index is 323. The van der Waals surface area contributed by atoms with Gasteiger partial charge in [0.25, 0.3) is 0 Å². The Morgan fingerprint density at radius 3 is 2.67 bits per heavy atom. The molecule has 1 atom stereocenters. The number of halogens is 1. The SMILES string of the molecule is CC(C)(C)NC[C@H](O)c1cccc(Cl)n1. The van der Waals surface area contributed by atoms with Gasteiger partial charge in [-0.05, 0) is 32.9 Å². The number of aromatic nitrogens is 1. The van der Waals surface area contributed by atoms with Crippen molar-refractivity contribution in [1.29, 1.82) is 0 Å². The average Bonchev–Trinajstić information content (AvgIpc) is 2.13. The molecule has 3 nitrogen and oxygen atoms in total. The van der Waals surface area contributed by atoms with Gasteiger partial charge in [0.1, 0.15) is 11.3 Å². The van der Waals surface area contributed by atoms with Crippen LogP contribution in [-0.2, 0) is 0 Å². The molecule has 4 heteroatoms. The van der Waals surface area contributed by atoms with E-state index in [9.17, 15) is 5.11 Å². The van der Waals surface area contributed by atoms with E-state index in [0.29, 0.717) is 17.4 Å². The molecular weight excluding hydrogens is 212 g/mol. The van der Waals surface area contributed by atoms with Crippen LogP contribution in [0.3, 0.4) is 0 Å². The molecule has 0 fully saturated rings. The normalized spacial score (nSPS) is 13.9. The predicted molar refractivity (Wildman–Crippen MR) is 62.0 cm³/mol. The first kappa shape index (κ1) is 12.4. The van der Waals surface area contributed by atoms with E-state index >= 15 is 0 Å². The van der Waals surface area contributed by atoms with Gasteiger partial charge in [-0.3, -0.25) is 0 Å². The first-order valence-corrected chi connectivity index (χ1v) is 5.32. The minimum absolute atomic E-state index is 0.0143. The maximum atomic E-state index is 9.82. The lowest BCUT2D eigenvalue weighted by atomic mass is 10.1. The summed E-state index contributed by atoms with van der Waals surface area (Å²) in [4.78, 5) is 4.05. The number of hydrogen-bond donors (Lipinski definition) is 2. The van der Waals surface area contributed by atoms with Crippen LogP contribution in [0.4, 0.5) is 0 Å². The minimum Gasteiger partial charge on any atom is -0.385 e. The van der Waals surface area contributed by atoms with Gasteiger partial charge in [-0.25, -0.2) is 4.98 Å². The molecule has 15 heavy (non-hydrogen) atoms. The highest BCUT2D eigenvalue weighted by molar-refractivity contribution is 6.29. The van der Waals surface area contributed by atoms with Gasteiger partial charge in [0.05, 0.1) is 5.69 Å². The fraction of sp³-hybridized carbons (Fsp3) is 0.545. The average molecular weight is 229 g/mol. The van der Waals surface area contributed by atoms with Crippen molar-refractivity contribution in [2.45, 2.75) is 32.4 Å². The molecular formula is C11H17ClN2O. The highest BCUT2D eigenvalue weighted by atomic mass is 35.5. The van der Waals surface area contributed by atoms with Crippen LogP contribution in [0.2, 0.25) is 5.15 Å². The van der Waals surface area contributed by atoms with Crippen molar-refractivity contribution < 1.29 is 5.11 Å². The maximum Gasteiger partial charge on any atom is 0.129 e. The van der Waals surface area contributed by atoms with Crippen LogP contribution in [0, 0.1) is 0 Å². The second kappa shape index (κ2) is 4.92. The van der Waals surface area contributed by atoms with Gasteiger partial charge in [0.15, 0.2) is 0 Å². The predicted octanol–water partition coefficient (Wildman–Crippen LogP) is 2.16. The molecule has 0 bridgehead atoms. The number of aliphatic hydroxyl groups excluding tert-OH is 1. The molecule has 0 saturated carbocycles. The van der Waals surface area contributed by atoms with Gasteiger partial charge < -0.3 is 10.4 Å². The zero-order chi connectivity index (χ0) is 11.5. The van der Waals surface area contributed by atoms with Gasteiger partial charge in [0, 0.05) is 12.1 Å². The lowest BCUT2D eigenvalue weighted by Crippen LogP contribution is -2.38. The molecule has 0 aliphatic rings. The number of rotatable bonds is 3. The maximum absolute atomic E-state index is 9.82. The van der Waals surface area contributed by atoms with E-state index in [1.807, 2.05) is 20.8 Å². The van der Waals surface area contributed by atoms with E-state index in [-0.39, 0.29) is 5.54 Å². The van der Waals surface area contributed by atoms with Crippen molar-refractivity contribution in [1.82, 2.24) is 10.3 Å². The third-order valence-electron chi connectivity index (χ3n) is 1.90. The molecule has 0 unspecified atom stereocenters. The Balaban J connectivity index is 2.58. The molecule has 0 aliphatic carbocycles. The van der Waals surface area contributed by atoms with Crippen molar-refractivity contribution >= 4 is 11.6 Å². The van der Waals surface area contributed by atoms with Crippen molar-refractivity contribution in [3.05, 3.63) is 29.0 Å². The molecule has 0 aromatic carbocycles. The number of pyridine rings is 1. The number of β-amino-alcohol motifs (C(OH)–C–C–N with tert-alkyl or cyclic N) is 1. The van der Waals surface area contributed by atoms with Crippen molar-refractivity contribution in [2.75, 3.05) is 6.54 Å². The Morgan fingerprint density at radius 2 is 2.13 bits per heavy atom. The summed E-state index contributed by atoms with van der Waals surface area (Å²) in [6.07, 6.45) is -0.622. The van der Waals surface area contributed by atoms with E-state index in [2.05, 4.69) is 10.3 Å². The summed E-state index contributed by atoms with van der Waals surface area (Å²) in [7, 11) is 0. The lowest BCUT2D eigenvalue weighted by Gasteiger charge is -2.22. The quantitative estimate of drug-likeness (QED) is 0.780. The Hall–Kier alpha value is -0.640. The van der Waals surface area contributed by atoms with Crippen LogP contribution >= 0.6 is 11.6 Å². The fourth-order valence-electron chi connectivity index (χ4n) is 1.12. The topological polar surface area (TPSA) is 45.1 Å². The third kappa shape index (κ3) is 4.60. The number of aliphatic hydroxyl groups is 1. The van der Waals surface area contributed by atoms with Crippen LogP contribution < -0.4 is 5.32 Å². The summed E-state index contributed by atoms with van der Waals surface area (Å²) < 4.78 is 0. The second-order valence-electron chi connectivity index (χ2n) is 4.53. The van der Waals surface area contributed by atoms with E-state index < -0.39 is 6.10 Å². The number of nitrogens with zero attached hydrogens (tertiary/aromatic N) is 1. The summed E-state index contributed by atoms with van der Waals surface area (Å²) in [6.45, 7) is 6.61. The lowest BCUT2D eigenvalue weighted by molar-refractivity contribution is 0.159. The number of hydrogen-bond acceptors (Lipinski definition) is 3. The van der Waals surface area contributed by atoms with Gasteiger partial charge in [-0.2, -0.15) is 0 Å². The van der Waals surface area contributed by atoms with Gasteiger partial charge in [0.2, 0.25) is 0 Å².